The maximum Gasteiger partial charge on any atom is 0.253 e. The molecule has 4 atom stereocenters. The minimum atomic E-state index is -1.23. The van der Waals surface area contributed by atoms with Crippen molar-refractivity contribution >= 4 is 23.4 Å². The number of amides is 3. The first-order valence-electron chi connectivity index (χ1n) is 10.2. The van der Waals surface area contributed by atoms with E-state index in [1.54, 1.807) is 11.0 Å². The lowest BCUT2D eigenvalue weighted by Crippen LogP contribution is -2.55. The summed E-state index contributed by atoms with van der Waals surface area (Å²) in [5.41, 5.74) is 1.35. The van der Waals surface area contributed by atoms with Crippen molar-refractivity contribution in [3.05, 3.63) is 78.4 Å². The zero-order valence-corrected chi connectivity index (χ0v) is 16.7. The Balaban J connectivity index is 1.66. The van der Waals surface area contributed by atoms with Gasteiger partial charge in [-0.1, -0.05) is 54.6 Å². The van der Waals surface area contributed by atoms with Gasteiger partial charge in [0, 0.05) is 30.9 Å². The number of nitrogens with zero attached hydrogens (tertiary/aromatic N) is 2. The minimum absolute atomic E-state index is 0.189. The van der Waals surface area contributed by atoms with Gasteiger partial charge >= 0.3 is 0 Å². The van der Waals surface area contributed by atoms with E-state index in [0.717, 1.165) is 16.8 Å². The second-order valence-electron chi connectivity index (χ2n) is 8.21. The molecule has 0 unspecified atom stereocenters. The van der Waals surface area contributed by atoms with Crippen LogP contribution in [0.3, 0.4) is 0 Å². The van der Waals surface area contributed by atoms with Gasteiger partial charge in [0.05, 0.1) is 11.8 Å². The normalized spacial score (nSPS) is 29.6. The van der Waals surface area contributed by atoms with Crippen LogP contribution in [0.15, 0.2) is 67.3 Å². The second-order valence-corrected chi connectivity index (χ2v) is 8.21. The molecule has 6 nitrogen and oxygen atoms in total. The molecule has 1 N–H and O–H groups in total. The van der Waals surface area contributed by atoms with Crippen LogP contribution in [0, 0.1) is 11.8 Å². The summed E-state index contributed by atoms with van der Waals surface area (Å²) in [7, 11) is 1.52. The fourth-order valence-electron chi connectivity index (χ4n) is 5.44. The third-order valence-corrected chi connectivity index (χ3v) is 6.70. The Kier molecular flexibility index (Phi) is 4.15. The van der Waals surface area contributed by atoms with Gasteiger partial charge in [-0.15, -0.1) is 6.58 Å². The maximum atomic E-state index is 13.8. The zero-order valence-electron chi connectivity index (χ0n) is 16.7. The van der Waals surface area contributed by atoms with Crippen LogP contribution in [-0.2, 0) is 26.3 Å². The average molecular weight is 401 g/mol. The number of carbonyl (C=O) groups is 3. The van der Waals surface area contributed by atoms with Crippen LogP contribution in [0.25, 0.3) is 0 Å². The molecular formula is C24H23N3O3. The van der Waals surface area contributed by atoms with E-state index in [1.807, 2.05) is 54.6 Å². The van der Waals surface area contributed by atoms with Crippen molar-refractivity contribution in [2.45, 2.75) is 18.0 Å². The molecule has 2 fully saturated rings. The van der Waals surface area contributed by atoms with Crippen LogP contribution in [0.2, 0.25) is 0 Å². The van der Waals surface area contributed by atoms with Crippen LogP contribution < -0.4 is 10.2 Å². The largest absolute Gasteiger partial charge is 0.306 e. The molecule has 2 aromatic rings. The summed E-state index contributed by atoms with van der Waals surface area (Å²) < 4.78 is 0. The van der Waals surface area contributed by atoms with Gasteiger partial charge in [-0.2, -0.15) is 0 Å². The average Bonchev–Trinajstić information content (AvgIpc) is 3.30. The molecule has 0 aliphatic carbocycles. The molecule has 3 heterocycles. The van der Waals surface area contributed by atoms with E-state index in [-0.39, 0.29) is 23.8 Å². The van der Waals surface area contributed by atoms with Gasteiger partial charge in [0.1, 0.15) is 5.54 Å². The van der Waals surface area contributed by atoms with Crippen LogP contribution in [0.1, 0.15) is 11.1 Å². The number of rotatable bonds is 4. The predicted octanol–water partition coefficient (Wildman–Crippen LogP) is 1.86. The van der Waals surface area contributed by atoms with E-state index in [1.165, 1.54) is 11.9 Å². The van der Waals surface area contributed by atoms with Gasteiger partial charge in [-0.3, -0.25) is 24.6 Å². The summed E-state index contributed by atoms with van der Waals surface area (Å²) in [5.74, 6) is -2.04. The van der Waals surface area contributed by atoms with Crippen molar-refractivity contribution in [3.63, 3.8) is 0 Å². The number of para-hydroxylation sites is 1. The molecule has 0 radical (unpaired) electrons. The van der Waals surface area contributed by atoms with Gasteiger partial charge in [0.15, 0.2) is 0 Å². The third kappa shape index (κ3) is 2.31. The summed E-state index contributed by atoms with van der Waals surface area (Å²) in [6, 6.07) is 17.1. The first-order chi connectivity index (χ1) is 14.5. The third-order valence-electron chi connectivity index (χ3n) is 6.70. The van der Waals surface area contributed by atoms with E-state index < -0.39 is 17.4 Å². The van der Waals surface area contributed by atoms with Crippen molar-refractivity contribution in [2.24, 2.45) is 11.8 Å². The summed E-state index contributed by atoms with van der Waals surface area (Å²) in [6.07, 6.45) is 2.24. The molecule has 2 aromatic carbocycles. The molecule has 0 saturated carbocycles. The highest BCUT2D eigenvalue weighted by Crippen LogP contribution is 2.54. The lowest BCUT2D eigenvalue weighted by atomic mass is 9.76. The standard InChI is InChI=1S/C24H23N3O3/c1-3-13-27-18-12-8-7-11-16(18)24(23(27)30)20-19(21(28)26(2)22(20)29)17(25-24)14-15-9-5-4-6-10-15/h3-12,17,19-20,25H,1,13-14H2,2H3/t17-,19+,20+,24+/m1/s1. The number of nitrogens with one attached hydrogen (secondary N) is 1. The fourth-order valence-corrected chi connectivity index (χ4v) is 5.44. The molecule has 1 spiro atoms. The molecule has 3 amide bonds. The maximum absolute atomic E-state index is 13.8. The van der Waals surface area contributed by atoms with Crippen molar-refractivity contribution in [2.75, 3.05) is 18.5 Å². The van der Waals surface area contributed by atoms with Crippen molar-refractivity contribution in [1.29, 1.82) is 0 Å². The lowest BCUT2D eigenvalue weighted by Gasteiger charge is -2.30. The quantitative estimate of drug-likeness (QED) is 0.627. The van der Waals surface area contributed by atoms with Crippen molar-refractivity contribution in [3.8, 4) is 0 Å². The minimum Gasteiger partial charge on any atom is -0.306 e. The molecule has 30 heavy (non-hydrogen) atoms. The summed E-state index contributed by atoms with van der Waals surface area (Å²) in [5, 5.41) is 3.50. The summed E-state index contributed by atoms with van der Waals surface area (Å²) >= 11 is 0. The molecule has 6 heteroatoms. The van der Waals surface area contributed by atoms with Gasteiger partial charge in [-0.05, 0) is 18.1 Å². The van der Waals surface area contributed by atoms with Gasteiger partial charge < -0.3 is 4.90 Å². The Morgan fingerprint density at radius 2 is 1.73 bits per heavy atom. The van der Waals surface area contributed by atoms with E-state index in [2.05, 4.69) is 11.9 Å². The number of hydrogen-bond donors (Lipinski definition) is 1. The number of hydrogen-bond acceptors (Lipinski definition) is 4. The molecule has 2 saturated heterocycles. The van der Waals surface area contributed by atoms with Crippen molar-refractivity contribution < 1.29 is 14.4 Å². The van der Waals surface area contributed by atoms with Crippen LogP contribution >= 0.6 is 0 Å². The summed E-state index contributed by atoms with van der Waals surface area (Å²) in [4.78, 5) is 43.0. The lowest BCUT2D eigenvalue weighted by molar-refractivity contribution is -0.141. The SMILES string of the molecule is C=CCN1C(=O)[C@]2(N[C@H](Cc3ccccc3)[C@@H]3C(=O)N(C)C(=O)[C@H]32)c2ccccc21. The monoisotopic (exact) mass is 401 g/mol. The molecule has 3 aliphatic rings. The fraction of sp³-hybridized carbons (Fsp3) is 0.292. The Labute approximate surface area is 175 Å². The Bertz CT molecular complexity index is 1070. The van der Waals surface area contributed by atoms with Crippen LogP contribution in [0.4, 0.5) is 5.69 Å². The van der Waals surface area contributed by atoms with Crippen LogP contribution in [0.5, 0.6) is 0 Å². The van der Waals surface area contributed by atoms with Crippen LogP contribution in [-0.4, -0.2) is 42.3 Å². The molecular weight excluding hydrogens is 378 g/mol. The number of imide groups is 1. The smallest absolute Gasteiger partial charge is 0.253 e. The highest BCUT2D eigenvalue weighted by Gasteiger charge is 2.70. The van der Waals surface area contributed by atoms with Gasteiger partial charge in [-0.25, -0.2) is 0 Å². The number of carbonyl (C=O) groups excluding carboxylic acids is 3. The number of fused-ring (bicyclic) bond motifs is 4. The zero-order chi connectivity index (χ0) is 21.0. The number of anilines is 1. The van der Waals surface area contributed by atoms with Gasteiger partial charge in [0.25, 0.3) is 5.91 Å². The topological polar surface area (TPSA) is 69.7 Å². The van der Waals surface area contributed by atoms with Gasteiger partial charge in [0.2, 0.25) is 11.8 Å². The van der Waals surface area contributed by atoms with E-state index >= 15 is 0 Å². The van der Waals surface area contributed by atoms with E-state index in [4.69, 9.17) is 0 Å². The molecule has 152 valence electrons. The first-order valence-corrected chi connectivity index (χ1v) is 10.2. The molecule has 0 aromatic heterocycles. The first kappa shape index (κ1) is 18.8. The molecule has 3 aliphatic heterocycles. The Morgan fingerprint density at radius 1 is 1.03 bits per heavy atom. The molecule has 0 bridgehead atoms. The van der Waals surface area contributed by atoms with Crippen molar-refractivity contribution in [1.82, 2.24) is 10.2 Å². The molecule has 5 rings (SSSR count). The second kappa shape index (κ2) is 6.64. The Morgan fingerprint density at radius 3 is 2.47 bits per heavy atom. The highest BCUT2D eigenvalue weighted by molar-refractivity contribution is 6.16. The predicted molar refractivity (Wildman–Crippen MR) is 112 cm³/mol. The number of likely N-dealkylation sites (tertiary alicyclic amines) is 1. The number of benzene rings is 2. The van der Waals surface area contributed by atoms with E-state index in [9.17, 15) is 14.4 Å². The highest BCUT2D eigenvalue weighted by atomic mass is 16.2. The Hall–Kier alpha value is -3.25. The van der Waals surface area contributed by atoms with E-state index in [0.29, 0.717) is 13.0 Å². The summed E-state index contributed by atoms with van der Waals surface area (Å²) in [6.45, 7) is 4.12.